The molecule has 0 saturated heterocycles. The molecule has 128 valence electrons. The number of nitrogens with two attached hydrogens (primary N) is 1. The average Bonchev–Trinajstić information content (AvgIpc) is 2.39. The number of benzene rings is 1. The van der Waals surface area contributed by atoms with E-state index in [0.717, 1.165) is 10.4 Å². The Morgan fingerprint density at radius 1 is 1.48 bits per heavy atom. The lowest BCUT2D eigenvalue weighted by molar-refractivity contribution is -0.757. The third kappa shape index (κ3) is 3.52. The van der Waals surface area contributed by atoms with Crippen LogP contribution in [0.15, 0.2) is 21.9 Å². The fourth-order valence-electron chi connectivity index (χ4n) is 2.14. The van der Waals surface area contributed by atoms with E-state index in [1.165, 1.54) is 13.0 Å². The van der Waals surface area contributed by atoms with Crippen molar-refractivity contribution in [2.24, 2.45) is 5.14 Å². The van der Waals surface area contributed by atoms with Gasteiger partial charge >= 0.3 is 0 Å². The number of aryl methyl sites for hydroxylation is 1. The van der Waals surface area contributed by atoms with E-state index in [4.69, 9.17) is 5.14 Å². The highest BCUT2D eigenvalue weighted by Gasteiger charge is 2.33. The fraction of sp³-hybridized carbons (Fsp3) is 0.400. The van der Waals surface area contributed by atoms with Gasteiger partial charge in [-0.1, -0.05) is 0 Å². The number of rotatable bonds is 5. The summed E-state index contributed by atoms with van der Waals surface area (Å²) >= 11 is 0. The van der Waals surface area contributed by atoms with Crippen LogP contribution in [-0.4, -0.2) is 46.0 Å². The standard InChI is InChI=1S/C10H14N4O7S2/c1-7-4-8-10(5-9(7)22(11,17)18)23(19,20)13(6-12-8)2-3-21-14(15)16/h4-5,12H,2-3,6H2,1H3,(H2,11,17,18). The van der Waals surface area contributed by atoms with Crippen LogP contribution in [0.2, 0.25) is 0 Å². The Morgan fingerprint density at radius 2 is 2.13 bits per heavy atom. The molecule has 0 unspecified atom stereocenters. The minimum atomic E-state index is -4.09. The van der Waals surface area contributed by atoms with E-state index >= 15 is 0 Å². The first-order chi connectivity index (χ1) is 10.5. The summed E-state index contributed by atoms with van der Waals surface area (Å²) in [6, 6.07) is 2.35. The van der Waals surface area contributed by atoms with Crippen molar-refractivity contribution in [2.75, 3.05) is 25.1 Å². The monoisotopic (exact) mass is 366 g/mol. The summed E-state index contributed by atoms with van der Waals surface area (Å²) in [6.45, 7) is 0.654. The molecule has 0 fully saturated rings. The Morgan fingerprint density at radius 3 is 2.70 bits per heavy atom. The van der Waals surface area contributed by atoms with Crippen molar-refractivity contribution < 1.29 is 26.8 Å². The Hall–Kier alpha value is -1.96. The highest BCUT2D eigenvalue weighted by Crippen LogP contribution is 2.32. The highest BCUT2D eigenvalue weighted by molar-refractivity contribution is 7.90. The van der Waals surface area contributed by atoms with E-state index in [2.05, 4.69) is 10.2 Å². The summed E-state index contributed by atoms with van der Waals surface area (Å²) in [6.07, 6.45) is 0. The van der Waals surface area contributed by atoms with Gasteiger partial charge in [0.1, 0.15) is 11.5 Å². The SMILES string of the molecule is Cc1cc2c(cc1S(N)(=O)=O)S(=O)(=O)N(CCO[N+](=O)[O-])CN2. The van der Waals surface area contributed by atoms with Crippen LogP contribution >= 0.6 is 0 Å². The van der Waals surface area contributed by atoms with Crippen LogP contribution < -0.4 is 10.5 Å². The van der Waals surface area contributed by atoms with Gasteiger partial charge in [-0.3, -0.25) is 0 Å². The first kappa shape index (κ1) is 17.4. The molecule has 0 saturated carbocycles. The summed E-state index contributed by atoms with van der Waals surface area (Å²) in [5.41, 5.74) is 0.542. The molecule has 23 heavy (non-hydrogen) atoms. The molecule has 0 atom stereocenters. The second kappa shape index (κ2) is 5.92. The van der Waals surface area contributed by atoms with Crippen LogP contribution in [0.5, 0.6) is 0 Å². The Bertz CT molecular complexity index is 850. The molecule has 0 spiro atoms. The molecular formula is C10H14N4O7S2. The average molecular weight is 366 g/mol. The van der Waals surface area contributed by atoms with Crippen molar-refractivity contribution in [1.82, 2.24) is 4.31 Å². The van der Waals surface area contributed by atoms with Crippen LogP contribution in [0.3, 0.4) is 0 Å². The number of fused-ring (bicyclic) bond motifs is 1. The molecule has 1 aromatic carbocycles. The number of sulfonamides is 2. The zero-order valence-corrected chi connectivity index (χ0v) is 13.6. The van der Waals surface area contributed by atoms with Gasteiger partial charge in [0, 0.05) is 6.54 Å². The molecule has 2 rings (SSSR count). The number of primary sulfonamides is 1. The normalized spacial score (nSPS) is 17.1. The van der Waals surface area contributed by atoms with Gasteiger partial charge < -0.3 is 10.2 Å². The van der Waals surface area contributed by atoms with Gasteiger partial charge in [0.25, 0.3) is 5.09 Å². The van der Waals surface area contributed by atoms with Crippen molar-refractivity contribution in [3.63, 3.8) is 0 Å². The quantitative estimate of drug-likeness (QED) is 0.506. The van der Waals surface area contributed by atoms with Crippen LogP contribution in [-0.2, 0) is 24.9 Å². The van der Waals surface area contributed by atoms with E-state index in [9.17, 15) is 26.9 Å². The van der Waals surface area contributed by atoms with Crippen molar-refractivity contribution in [2.45, 2.75) is 16.7 Å². The molecule has 0 amide bonds. The van der Waals surface area contributed by atoms with Gasteiger partial charge in [0.05, 0.1) is 17.3 Å². The Kier molecular flexibility index (Phi) is 4.48. The van der Waals surface area contributed by atoms with Crippen molar-refractivity contribution >= 4 is 25.7 Å². The second-order valence-electron chi connectivity index (χ2n) is 4.73. The number of nitrogens with zero attached hydrogens (tertiary/aromatic N) is 2. The number of anilines is 1. The predicted octanol–water partition coefficient (Wildman–Crippen LogP) is -0.776. The molecule has 0 aliphatic carbocycles. The van der Waals surface area contributed by atoms with Gasteiger partial charge in [0.2, 0.25) is 20.0 Å². The Balaban J connectivity index is 2.41. The predicted molar refractivity (Wildman–Crippen MR) is 77.9 cm³/mol. The van der Waals surface area contributed by atoms with Gasteiger partial charge in [-0.25, -0.2) is 22.0 Å². The molecule has 1 aliphatic heterocycles. The van der Waals surface area contributed by atoms with Crippen molar-refractivity contribution in [3.8, 4) is 0 Å². The van der Waals surface area contributed by atoms with Crippen LogP contribution in [0.4, 0.5) is 5.69 Å². The number of hydrogen-bond donors (Lipinski definition) is 2. The van der Waals surface area contributed by atoms with Crippen LogP contribution in [0.25, 0.3) is 0 Å². The molecule has 0 bridgehead atoms. The number of nitrogens with one attached hydrogen (secondary N) is 1. The zero-order valence-electron chi connectivity index (χ0n) is 11.9. The second-order valence-corrected chi connectivity index (χ2v) is 8.17. The lowest BCUT2D eigenvalue weighted by atomic mass is 10.2. The highest BCUT2D eigenvalue weighted by atomic mass is 32.2. The molecule has 1 heterocycles. The molecule has 0 aromatic heterocycles. The van der Waals surface area contributed by atoms with Crippen molar-refractivity contribution in [1.29, 1.82) is 0 Å². The maximum absolute atomic E-state index is 12.5. The van der Waals surface area contributed by atoms with Crippen LogP contribution in [0, 0.1) is 17.0 Å². The molecule has 1 aliphatic rings. The summed E-state index contributed by atoms with van der Waals surface area (Å²) in [5, 5.41) is 17.0. The molecule has 11 nitrogen and oxygen atoms in total. The third-order valence-corrected chi connectivity index (χ3v) is 6.12. The molecule has 1 aromatic rings. The smallest absolute Gasteiger partial charge is 0.294 e. The third-order valence-electron chi connectivity index (χ3n) is 3.18. The van der Waals surface area contributed by atoms with E-state index < -0.39 is 31.7 Å². The van der Waals surface area contributed by atoms with Gasteiger partial charge in [-0.15, -0.1) is 10.1 Å². The van der Waals surface area contributed by atoms with Gasteiger partial charge in [-0.2, -0.15) is 4.31 Å². The van der Waals surface area contributed by atoms with E-state index in [1.54, 1.807) is 0 Å². The summed E-state index contributed by atoms with van der Waals surface area (Å²) in [4.78, 5) is 13.6. The molecule has 0 radical (unpaired) electrons. The van der Waals surface area contributed by atoms with Crippen molar-refractivity contribution in [3.05, 3.63) is 27.8 Å². The summed E-state index contributed by atoms with van der Waals surface area (Å²) in [5.74, 6) is 0. The first-order valence-corrected chi connectivity index (χ1v) is 9.21. The van der Waals surface area contributed by atoms with E-state index in [1.807, 2.05) is 0 Å². The zero-order chi connectivity index (χ0) is 17.4. The lowest BCUT2D eigenvalue weighted by Gasteiger charge is -2.29. The minimum Gasteiger partial charge on any atom is -0.370 e. The maximum atomic E-state index is 12.5. The first-order valence-electron chi connectivity index (χ1n) is 6.22. The molecular weight excluding hydrogens is 352 g/mol. The van der Waals surface area contributed by atoms with E-state index in [0.29, 0.717) is 5.56 Å². The fourth-order valence-corrected chi connectivity index (χ4v) is 4.51. The molecule has 13 heteroatoms. The minimum absolute atomic E-state index is 0.120. The summed E-state index contributed by atoms with van der Waals surface area (Å²) in [7, 11) is -8.12. The maximum Gasteiger partial charge on any atom is 0.294 e. The van der Waals surface area contributed by atoms with E-state index in [-0.39, 0.29) is 28.7 Å². The lowest BCUT2D eigenvalue weighted by Crippen LogP contribution is -2.42. The van der Waals surface area contributed by atoms with Gasteiger partial charge in [-0.05, 0) is 24.6 Å². The van der Waals surface area contributed by atoms with Gasteiger partial charge in [0.15, 0.2) is 0 Å². The van der Waals surface area contributed by atoms with Crippen LogP contribution in [0.1, 0.15) is 5.56 Å². The topological polar surface area (TPSA) is 162 Å². The number of hydrogen-bond acceptors (Lipinski definition) is 8. The largest absolute Gasteiger partial charge is 0.370 e. The molecule has 3 N–H and O–H groups in total. The summed E-state index contributed by atoms with van der Waals surface area (Å²) < 4.78 is 49.0. The Labute approximate surface area is 132 Å².